The lowest BCUT2D eigenvalue weighted by Crippen LogP contribution is -2.20. The van der Waals surface area contributed by atoms with E-state index in [9.17, 15) is 9.59 Å². The molecule has 5 heteroatoms. The number of amides is 1. The SMILES string of the molecule is CCCCOC(=O)Nc1ccc(N)c2c1CCCC2=O. The van der Waals surface area contributed by atoms with Gasteiger partial charge in [0.25, 0.3) is 0 Å². The highest BCUT2D eigenvalue weighted by Gasteiger charge is 2.23. The fourth-order valence-corrected chi connectivity index (χ4v) is 2.38. The Morgan fingerprint density at radius 2 is 2.20 bits per heavy atom. The smallest absolute Gasteiger partial charge is 0.411 e. The van der Waals surface area contributed by atoms with Crippen molar-refractivity contribution in [1.82, 2.24) is 0 Å². The molecule has 0 atom stereocenters. The molecule has 1 aromatic rings. The third kappa shape index (κ3) is 3.10. The fraction of sp³-hybridized carbons (Fsp3) is 0.467. The van der Waals surface area contributed by atoms with Crippen molar-refractivity contribution in [3.63, 3.8) is 0 Å². The number of ketones is 1. The lowest BCUT2D eigenvalue weighted by atomic mass is 9.88. The molecule has 1 aliphatic carbocycles. The van der Waals surface area contributed by atoms with Crippen molar-refractivity contribution in [3.05, 3.63) is 23.3 Å². The molecule has 20 heavy (non-hydrogen) atoms. The standard InChI is InChI=1S/C15H20N2O3/c1-2-3-9-20-15(19)17-12-8-7-11(16)14-10(12)5-4-6-13(14)18/h7-8H,2-6,9,16H2,1H3,(H,17,19). The molecule has 0 saturated carbocycles. The Morgan fingerprint density at radius 3 is 2.95 bits per heavy atom. The first-order valence-corrected chi connectivity index (χ1v) is 7.01. The molecule has 0 aliphatic heterocycles. The van der Waals surface area contributed by atoms with Crippen molar-refractivity contribution in [3.8, 4) is 0 Å². The quantitative estimate of drug-likeness (QED) is 0.654. The number of anilines is 2. The summed E-state index contributed by atoms with van der Waals surface area (Å²) in [4.78, 5) is 23.6. The predicted molar refractivity (Wildman–Crippen MR) is 78.0 cm³/mol. The Balaban J connectivity index is 2.15. The van der Waals surface area contributed by atoms with Crippen LogP contribution in [0.25, 0.3) is 0 Å². The Hall–Kier alpha value is -2.04. The van der Waals surface area contributed by atoms with Gasteiger partial charge in [-0.25, -0.2) is 4.79 Å². The van der Waals surface area contributed by atoms with Gasteiger partial charge in [-0.1, -0.05) is 13.3 Å². The minimum atomic E-state index is -0.483. The number of carbonyl (C=O) groups excluding carboxylic acids is 2. The fourth-order valence-electron chi connectivity index (χ4n) is 2.38. The molecule has 1 aromatic carbocycles. The van der Waals surface area contributed by atoms with Crippen LogP contribution in [0, 0.1) is 0 Å². The molecule has 0 radical (unpaired) electrons. The number of nitrogen functional groups attached to an aromatic ring is 1. The molecule has 0 unspecified atom stereocenters. The van der Waals surface area contributed by atoms with Gasteiger partial charge in [-0.2, -0.15) is 0 Å². The van der Waals surface area contributed by atoms with Crippen LogP contribution in [0.4, 0.5) is 16.2 Å². The van der Waals surface area contributed by atoms with Gasteiger partial charge >= 0.3 is 6.09 Å². The molecule has 3 N–H and O–H groups in total. The van der Waals surface area contributed by atoms with Crippen LogP contribution in [0.3, 0.4) is 0 Å². The first-order chi connectivity index (χ1) is 9.63. The summed E-state index contributed by atoms with van der Waals surface area (Å²) >= 11 is 0. The number of hydrogen-bond acceptors (Lipinski definition) is 4. The van der Waals surface area contributed by atoms with Crippen molar-refractivity contribution in [1.29, 1.82) is 0 Å². The average molecular weight is 276 g/mol. The number of hydrogen-bond donors (Lipinski definition) is 2. The van der Waals surface area contributed by atoms with Gasteiger partial charge in [-0.15, -0.1) is 0 Å². The second-order valence-corrected chi connectivity index (χ2v) is 4.95. The summed E-state index contributed by atoms with van der Waals surface area (Å²) in [7, 11) is 0. The van der Waals surface area contributed by atoms with E-state index in [0.29, 0.717) is 30.0 Å². The largest absolute Gasteiger partial charge is 0.449 e. The lowest BCUT2D eigenvalue weighted by Gasteiger charge is -2.20. The molecule has 0 heterocycles. The van der Waals surface area contributed by atoms with Gasteiger partial charge in [0.1, 0.15) is 0 Å². The van der Waals surface area contributed by atoms with E-state index in [4.69, 9.17) is 10.5 Å². The van der Waals surface area contributed by atoms with Crippen molar-refractivity contribution in [2.45, 2.75) is 39.0 Å². The molecule has 108 valence electrons. The molecule has 0 saturated heterocycles. The number of unbranched alkanes of at least 4 members (excludes halogenated alkanes) is 1. The van der Waals surface area contributed by atoms with Crippen molar-refractivity contribution < 1.29 is 14.3 Å². The van der Waals surface area contributed by atoms with Gasteiger partial charge in [0.15, 0.2) is 5.78 Å². The number of benzene rings is 1. The molecule has 0 fully saturated rings. The summed E-state index contributed by atoms with van der Waals surface area (Å²) < 4.78 is 5.07. The number of ether oxygens (including phenoxy) is 1. The lowest BCUT2D eigenvalue weighted by molar-refractivity contribution is 0.0973. The van der Waals surface area contributed by atoms with E-state index in [1.807, 2.05) is 6.92 Å². The summed E-state index contributed by atoms with van der Waals surface area (Å²) in [6.45, 7) is 2.43. The van der Waals surface area contributed by atoms with Gasteiger partial charge in [0.2, 0.25) is 0 Å². The van der Waals surface area contributed by atoms with E-state index in [1.54, 1.807) is 12.1 Å². The van der Waals surface area contributed by atoms with Crippen LogP contribution < -0.4 is 11.1 Å². The third-order valence-corrected chi connectivity index (χ3v) is 3.42. The molecular weight excluding hydrogens is 256 g/mol. The monoisotopic (exact) mass is 276 g/mol. The van der Waals surface area contributed by atoms with Crippen molar-refractivity contribution >= 4 is 23.3 Å². The van der Waals surface area contributed by atoms with Gasteiger partial charge in [0, 0.05) is 23.4 Å². The first kappa shape index (κ1) is 14.4. The second kappa shape index (κ2) is 6.41. The normalized spacial score (nSPS) is 13.8. The van der Waals surface area contributed by atoms with E-state index in [0.717, 1.165) is 31.2 Å². The van der Waals surface area contributed by atoms with Crippen LogP contribution >= 0.6 is 0 Å². The average Bonchev–Trinajstić information content (AvgIpc) is 2.42. The van der Waals surface area contributed by atoms with Crippen molar-refractivity contribution in [2.24, 2.45) is 0 Å². The number of rotatable bonds is 4. The van der Waals surface area contributed by atoms with Gasteiger partial charge < -0.3 is 10.5 Å². The van der Waals surface area contributed by atoms with E-state index in [-0.39, 0.29) is 5.78 Å². The maximum absolute atomic E-state index is 11.9. The van der Waals surface area contributed by atoms with E-state index in [2.05, 4.69) is 5.32 Å². The van der Waals surface area contributed by atoms with E-state index < -0.39 is 6.09 Å². The van der Waals surface area contributed by atoms with Gasteiger partial charge in [-0.3, -0.25) is 10.1 Å². The summed E-state index contributed by atoms with van der Waals surface area (Å²) in [5.74, 6) is 0.0479. The third-order valence-electron chi connectivity index (χ3n) is 3.42. The van der Waals surface area contributed by atoms with Crippen LogP contribution in [0.2, 0.25) is 0 Å². The minimum absolute atomic E-state index is 0.0479. The molecule has 1 amide bonds. The second-order valence-electron chi connectivity index (χ2n) is 4.95. The Labute approximate surface area is 118 Å². The Kier molecular flexibility index (Phi) is 4.61. The Morgan fingerprint density at radius 1 is 1.40 bits per heavy atom. The molecule has 1 aliphatic rings. The summed E-state index contributed by atoms with van der Waals surface area (Å²) in [5.41, 5.74) is 8.36. The number of fused-ring (bicyclic) bond motifs is 1. The van der Waals surface area contributed by atoms with Crippen LogP contribution in [-0.2, 0) is 11.2 Å². The maximum Gasteiger partial charge on any atom is 0.411 e. The molecule has 5 nitrogen and oxygen atoms in total. The van der Waals surface area contributed by atoms with Crippen molar-refractivity contribution in [2.75, 3.05) is 17.7 Å². The van der Waals surface area contributed by atoms with Gasteiger partial charge in [-0.05, 0) is 37.0 Å². The maximum atomic E-state index is 11.9. The van der Waals surface area contributed by atoms with Gasteiger partial charge in [0.05, 0.1) is 6.61 Å². The summed E-state index contributed by atoms with van der Waals surface area (Å²) in [6, 6.07) is 3.39. The summed E-state index contributed by atoms with van der Waals surface area (Å²) in [6.07, 6.45) is 3.38. The van der Waals surface area contributed by atoms with Crippen LogP contribution in [0.15, 0.2) is 12.1 Å². The zero-order chi connectivity index (χ0) is 14.5. The Bertz CT molecular complexity index is 526. The molecule has 0 aromatic heterocycles. The van der Waals surface area contributed by atoms with Crippen LogP contribution in [-0.4, -0.2) is 18.5 Å². The topological polar surface area (TPSA) is 81.4 Å². The summed E-state index contributed by atoms with van der Waals surface area (Å²) in [5, 5.41) is 2.71. The highest BCUT2D eigenvalue weighted by molar-refractivity contribution is 6.05. The first-order valence-electron chi connectivity index (χ1n) is 7.01. The van der Waals surface area contributed by atoms with Crippen LogP contribution in [0.5, 0.6) is 0 Å². The van der Waals surface area contributed by atoms with Crippen LogP contribution in [0.1, 0.15) is 48.5 Å². The van der Waals surface area contributed by atoms with E-state index >= 15 is 0 Å². The highest BCUT2D eigenvalue weighted by Crippen LogP contribution is 2.32. The minimum Gasteiger partial charge on any atom is -0.449 e. The number of Topliss-reactive ketones (excluding diaryl/α,β-unsaturated/α-hetero) is 1. The molecule has 0 bridgehead atoms. The molecule has 0 spiro atoms. The number of nitrogens with two attached hydrogens (primary N) is 1. The molecule has 2 rings (SSSR count). The van der Waals surface area contributed by atoms with E-state index in [1.165, 1.54) is 0 Å². The number of nitrogens with one attached hydrogen (secondary N) is 1. The zero-order valence-electron chi connectivity index (χ0n) is 11.7. The highest BCUT2D eigenvalue weighted by atomic mass is 16.5. The zero-order valence-corrected chi connectivity index (χ0v) is 11.7. The predicted octanol–water partition coefficient (Wildman–Crippen LogP) is 3.14. The molecular formula is C15H20N2O3. The number of carbonyl (C=O) groups is 2.